The Balaban J connectivity index is 2.41. The molecule has 2 rings (SSSR count). The van der Waals surface area contributed by atoms with Crippen LogP contribution in [-0.2, 0) is 0 Å². The number of methoxy groups -OCH3 is 1. The highest BCUT2D eigenvalue weighted by atomic mass is 79.9. The zero-order valence-electron chi connectivity index (χ0n) is 11.5. The Morgan fingerprint density at radius 2 is 1.90 bits per heavy atom. The fraction of sp³-hybridized carbons (Fsp3) is 0.250. The first-order chi connectivity index (χ1) is 9.65. The van der Waals surface area contributed by atoms with E-state index in [4.69, 9.17) is 4.74 Å². The van der Waals surface area contributed by atoms with Crippen molar-refractivity contribution in [2.24, 2.45) is 0 Å². The van der Waals surface area contributed by atoms with E-state index in [-0.39, 0.29) is 11.9 Å². The molecule has 0 spiro atoms. The summed E-state index contributed by atoms with van der Waals surface area (Å²) in [5, 5.41) is 3.38. The van der Waals surface area contributed by atoms with Crippen molar-refractivity contribution in [2.45, 2.75) is 13.0 Å². The van der Waals surface area contributed by atoms with Crippen molar-refractivity contribution < 1.29 is 9.13 Å². The normalized spacial score (nSPS) is 12.2. The van der Waals surface area contributed by atoms with Crippen LogP contribution < -0.4 is 10.1 Å². The van der Waals surface area contributed by atoms with Crippen LogP contribution >= 0.6 is 15.9 Å². The maximum absolute atomic E-state index is 13.5. The van der Waals surface area contributed by atoms with Crippen LogP contribution in [0.4, 0.5) is 4.39 Å². The van der Waals surface area contributed by atoms with Gasteiger partial charge in [0.25, 0.3) is 0 Å². The van der Waals surface area contributed by atoms with Gasteiger partial charge in [0.05, 0.1) is 13.2 Å². The lowest BCUT2D eigenvalue weighted by Gasteiger charge is -2.20. The van der Waals surface area contributed by atoms with Crippen molar-refractivity contribution in [2.75, 3.05) is 13.7 Å². The van der Waals surface area contributed by atoms with E-state index in [1.807, 2.05) is 31.2 Å². The van der Waals surface area contributed by atoms with Crippen molar-refractivity contribution in [3.05, 3.63) is 63.9 Å². The third-order valence-corrected chi connectivity index (χ3v) is 3.85. The van der Waals surface area contributed by atoms with Gasteiger partial charge in [-0.2, -0.15) is 0 Å². The minimum Gasteiger partial charge on any atom is -0.497 e. The molecule has 0 saturated carbocycles. The third-order valence-electron chi connectivity index (χ3n) is 3.13. The average Bonchev–Trinajstić information content (AvgIpc) is 2.48. The molecule has 0 aliphatic heterocycles. The summed E-state index contributed by atoms with van der Waals surface area (Å²) >= 11 is 3.50. The molecule has 0 heterocycles. The van der Waals surface area contributed by atoms with Gasteiger partial charge >= 0.3 is 0 Å². The molecule has 0 saturated heterocycles. The predicted molar refractivity (Wildman–Crippen MR) is 82.6 cm³/mol. The molecular weight excluding hydrogens is 321 g/mol. The molecule has 1 unspecified atom stereocenters. The fourth-order valence-electron chi connectivity index (χ4n) is 2.14. The van der Waals surface area contributed by atoms with Crippen LogP contribution in [0.1, 0.15) is 24.1 Å². The second-order valence-corrected chi connectivity index (χ2v) is 5.28. The minimum atomic E-state index is -0.236. The van der Waals surface area contributed by atoms with Crippen molar-refractivity contribution in [1.82, 2.24) is 5.32 Å². The highest BCUT2D eigenvalue weighted by molar-refractivity contribution is 9.10. The molecule has 20 heavy (non-hydrogen) atoms. The summed E-state index contributed by atoms with van der Waals surface area (Å²) in [5.41, 5.74) is 1.95. The first kappa shape index (κ1) is 15.0. The summed E-state index contributed by atoms with van der Waals surface area (Å²) in [6, 6.07) is 12.5. The van der Waals surface area contributed by atoms with Gasteiger partial charge in [0.2, 0.25) is 0 Å². The van der Waals surface area contributed by atoms with Crippen molar-refractivity contribution in [3.63, 3.8) is 0 Å². The molecule has 1 atom stereocenters. The Morgan fingerprint density at radius 3 is 2.50 bits per heavy atom. The van der Waals surface area contributed by atoms with Gasteiger partial charge in [-0.1, -0.05) is 35.0 Å². The van der Waals surface area contributed by atoms with Crippen molar-refractivity contribution in [1.29, 1.82) is 0 Å². The highest BCUT2D eigenvalue weighted by Gasteiger charge is 2.16. The monoisotopic (exact) mass is 337 g/mol. The average molecular weight is 338 g/mol. The quantitative estimate of drug-likeness (QED) is 0.878. The molecule has 1 N–H and O–H groups in total. The van der Waals surface area contributed by atoms with E-state index in [1.165, 1.54) is 6.07 Å². The third kappa shape index (κ3) is 3.38. The lowest BCUT2D eigenvalue weighted by molar-refractivity contribution is 0.414. The second kappa shape index (κ2) is 6.86. The van der Waals surface area contributed by atoms with E-state index in [0.29, 0.717) is 0 Å². The van der Waals surface area contributed by atoms with Crippen LogP contribution in [0.25, 0.3) is 0 Å². The minimum absolute atomic E-state index is 0.0593. The van der Waals surface area contributed by atoms with Gasteiger partial charge in [-0.3, -0.25) is 0 Å². The van der Waals surface area contributed by atoms with Crippen LogP contribution in [0.2, 0.25) is 0 Å². The van der Waals surface area contributed by atoms with E-state index in [0.717, 1.165) is 27.9 Å². The molecule has 2 aromatic carbocycles. The van der Waals surface area contributed by atoms with Crippen LogP contribution in [0.5, 0.6) is 5.75 Å². The van der Waals surface area contributed by atoms with Crippen LogP contribution in [0.3, 0.4) is 0 Å². The molecule has 0 amide bonds. The molecule has 0 radical (unpaired) electrons. The Bertz CT molecular complexity index is 571. The number of halogens is 2. The van der Waals surface area contributed by atoms with E-state index in [9.17, 15) is 4.39 Å². The SMILES string of the molecule is CCNC(c1ccc(OC)cc1)c1cc(F)ccc1Br. The molecule has 4 heteroatoms. The van der Waals surface area contributed by atoms with E-state index in [1.54, 1.807) is 19.2 Å². The number of ether oxygens (including phenoxy) is 1. The second-order valence-electron chi connectivity index (χ2n) is 4.43. The van der Waals surface area contributed by atoms with Gasteiger partial charge in [0.1, 0.15) is 11.6 Å². The molecule has 0 aromatic heterocycles. The fourth-order valence-corrected chi connectivity index (χ4v) is 2.62. The summed E-state index contributed by atoms with van der Waals surface area (Å²) in [6.07, 6.45) is 0. The van der Waals surface area contributed by atoms with Crippen LogP contribution in [0.15, 0.2) is 46.9 Å². The lowest BCUT2D eigenvalue weighted by atomic mass is 9.98. The maximum Gasteiger partial charge on any atom is 0.123 e. The zero-order valence-corrected chi connectivity index (χ0v) is 13.1. The molecule has 0 fully saturated rings. The van der Waals surface area contributed by atoms with Crippen LogP contribution in [-0.4, -0.2) is 13.7 Å². The first-order valence-corrected chi connectivity index (χ1v) is 7.27. The van der Waals surface area contributed by atoms with Gasteiger partial charge in [0, 0.05) is 4.47 Å². The van der Waals surface area contributed by atoms with E-state index in [2.05, 4.69) is 21.2 Å². The molecule has 0 aliphatic rings. The lowest BCUT2D eigenvalue weighted by Crippen LogP contribution is -2.22. The summed E-state index contributed by atoms with van der Waals surface area (Å²) in [5.74, 6) is 0.571. The van der Waals surface area contributed by atoms with E-state index < -0.39 is 0 Å². The van der Waals surface area contributed by atoms with Gasteiger partial charge in [-0.15, -0.1) is 0 Å². The van der Waals surface area contributed by atoms with Crippen molar-refractivity contribution >= 4 is 15.9 Å². The number of nitrogens with one attached hydrogen (secondary N) is 1. The van der Waals surface area contributed by atoms with Crippen molar-refractivity contribution in [3.8, 4) is 5.75 Å². The Labute approximate surface area is 127 Å². The maximum atomic E-state index is 13.5. The predicted octanol–water partition coefficient (Wildman–Crippen LogP) is 4.30. The largest absolute Gasteiger partial charge is 0.497 e. The van der Waals surface area contributed by atoms with Gasteiger partial charge in [0.15, 0.2) is 0 Å². The Morgan fingerprint density at radius 1 is 1.20 bits per heavy atom. The Kier molecular flexibility index (Phi) is 5.15. The molecule has 2 nitrogen and oxygen atoms in total. The molecule has 106 valence electrons. The summed E-state index contributed by atoms with van der Waals surface area (Å²) in [6.45, 7) is 2.82. The molecule has 0 aliphatic carbocycles. The Hall–Kier alpha value is -1.39. The first-order valence-electron chi connectivity index (χ1n) is 6.48. The molecular formula is C16H17BrFNO. The van der Waals surface area contributed by atoms with Gasteiger partial charge in [-0.25, -0.2) is 4.39 Å². The van der Waals surface area contributed by atoms with Gasteiger partial charge < -0.3 is 10.1 Å². The standard InChI is InChI=1S/C16H17BrFNO/c1-3-19-16(11-4-7-13(20-2)8-5-11)14-10-12(18)6-9-15(14)17/h4-10,16,19H,3H2,1-2H3. The zero-order chi connectivity index (χ0) is 14.5. The smallest absolute Gasteiger partial charge is 0.123 e. The summed E-state index contributed by atoms with van der Waals surface area (Å²) < 4.78 is 19.6. The number of benzene rings is 2. The molecule has 2 aromatic rings. The van der Waals surface area contributed by atoms with Gasteiger partial charge in [-0.05, 0) is 48.0 Å². The number of hydrogen-bond donors (Lipinski definition) is 1. The summed E-state index contributed by atoms with van der Waals surface area (Å²) in [7, 11) is 1.64. The van der Waals surface area contributed by atoms with Crippen LogP contribution in [0, 0.1) is 5.82 Å². The highest BCUT2D eigenvalue weighted by Crippen LogP contribution is 2.30. The topological polar surface area (TPSA) is 21.3 Å². The number of hydrogen-bond acceptors (Lipinski definition) is 2. The number of rotatable bonds is 5. The summed E-state index contributed by atoms with van der Waals surface area (Å²) in [4.78, 5) is 0. The van der Waals surface area contributed by atoms with E-state index >= 15 is 0 Å². The molecule has 0 bridgehead atoms.